The monoisotopic (exact) mass is 556 g/mol. The molecule has 2 unspecified atom stereocenters. The van der Waals surface area contributed by atoms with Crippen LogP contribution in [0.25, 0.3) is 10.8 Å². The van der Waals surface area contributed by atoms with Gasteiger partial charge in [-0.3, -0.25) is 19.7 Å². The van der Waals surface area contributed by atoms with E-state index < -0.39 is 16.1 Å². The molecular formula is C30H32N6O3S. The van der Waals surface area contributed by atoms with Gasteiger partial charge in [-0.1, -0.05) is 13.8 Å². The number of hydrogen-bond acceptors (Lipinski definition) is 7. The Morgan fingerprint density at radius 2 is 1.77 bits per heavy atom. The molecule has 40 heavy (non-hydrogen) atoms. The van der Waals surface area contributed by atoms with Gasteiger partial charge in [0.15, 0.2) is 0 Å². The molecule has 1 fully saturated rings. The SMILES string of the molecule is CC(C)CNS(=O)(=O)c1cc2c(c3cnc(C4CC4)cc13)C(Nc1cccnc1)CC2NC(=O)c1cccnc1. The summed E-state index contributed by atoms with van der Waals surface area (Å²) in [5, 5.41) is 8.12. The van der Waals surface area contributed by atoms with Gasteiger partial charge in [-0.15, -0.1) is 0 Å². The zero-order valence-electron chi connectivity index (χ0n) is 22.5. The highest BCUT2D eigenvalue weighted by Gasteiger charge is 2.37. The van der Waals surface area contributed by atoms with Gasteiger partial charge in [0, 0.05) is 59.9 Å². The molecule has 9 nitrogen and oxygen atoms in total. The minimum absolute atomic E-state index is 0.152. The van der Waals surface area contributed by atoms with Crippen molar-refractivity contribution in [3.63, 3.8) is 0 Å². The lowest BCUT2D eigenvalue weighted by molar-refractivity contribution is 0.0935. The van der Waals surface area contributed by atoms with Crippen LogP contribution in [0.4, 0.5) is 5.69 Å². The smallest absolute Gasteiger partial charge is 0.253 e. The number of nitrogens with zero attached hydrogens (tertiary/aromatic N) is 3. The summed E-state index contributed by atoms with van der Waals surface area (Å²) in [5.41, 5.74) is 3.90. The van der Waals surface area contributed by atoms with Gasteiger partial charge >= 0.3 is 0 Å². The van der Waals surface area contributed by atoms with Crippen LogP contribution in [0.1, 0.15) is 78.3 Å². The molecule has 0 aliphatic heterocycles. The van der Waals surface area contributed by atoms with E-state index in [0.29, 0.717) is 29.8 Å². The quantitative estimate of drug-likeness (QED) is 0.269. The van der Waals surface area contributed by atoms with Gasteiger partial charge in [-0.25, -0.2) is 13.1 Å². The molecule has 4 aromatic rings. The van der Waals surface area contributed by atoms with Crippen LogP contribution in [0.15, 0.2) is 72.3 Å². The molecule has 0 saturated heterocycles. The Balaban J connectivity index is 1.50. The van der Waals surface area contributed by atoms with Crippen molar-refractivity contribution in [1.82, 2.24) is 25.0 Å². The normalized spacial score (nSPS) is 18.6. The number of pyridine rings is 3. The van der Waals surface area contributed by atoms with E-state index in [0.717, 1.165) is 40.7 Å². The summed E-state index contributed by atoms with van der Waals surface area (Å²) in [7, 11) is -3.84. The minimum atomic E-state index is -3.84. The molecule has 2 atom stereocenters. The lowest BCUT2D eigenvalue weighted by atomic mass is 9.98. The van der Waals surface area contributed by atoms with Crippen molar-refractivity contribution in [2.24, 2.45) is 5.92 Å². The Labute approximate surface area is 233 Å². The Kier molecular flexibility index (Phi) is 6.97. The van der Waals surface area contributed by atoms with Crippen molar-refractivity contribution in [2.45, 2.75) is 56.0 Å². The number of aromatic nitrogens is 3. The zero-order valence-corrected chi connectivity index (χ0v) is 23.3. The Morgan fingerprint density at radius 3 is 2.45 bits per heavy atom. The highest BCUT2D eigenvalue weighted by Crippen LogP contribution is 2.47. The summed E-state index contributed by atoms with van der Waals surface area (Å²) in [6, 6.07) is 10.3. The number of carbonyl (C=O) groups is 1. The van der Waals surface area contributed by atoms with Crippen molar-refractivity contribution < 1.29 is 13.2 Å². The Morgan fingerprint density at radius 1 is 1.00 bits per heavy atom. The van der Waals surface area contributed by atoms with Crippen LogP contribution in [0.5, 0.6) is 0 Å². The summed E-state index contributed by atoms with van der Waals surface area (Å²) in [4.78, 5) is 26.5. The van der Waals surface area contributed by atoms with Gasteiger partial charge in [0.25, 0.3) is 5.91 Å². The first kappa shape index (κ1) is 26.3. The van der Waals surface area contributed by atoms with Gasteiger partial charge in [-0.05, 0) is 72.7 Å². The van der Waals surface area contributed by atoms with Crippen LogP contribution in [-0.4, -0.2) is 35.8 Å². The van der Waals surface area contributed by atoms with Crippen molar-refractivity contribution in [1.29, 1.82) is 0 Å². The van der Waals surface area contributed by atoms with Crippen molar-refractivity contribution in [2.75, 3.05) is 11.9 Å². The third kappa shape index (κ3) is 5.29. The van der Waals surface area contributed by atoms with Crippen LogP contribution < -0.4 is 15.4 Å². The van der Waals surface area contributed by atoms with E-state index in [-0.39, 0.29) is 22.8 Å². The van der Waals surface area contributed by atoms with Crippen molar-refractivity contribution >= 4 is 32.4 Å². The molecule has 206 valence electrons. The molecule has 3 N–H and O–H groups in total. The van der Waals surface area contributed by atoms with E-state index in [1.54, 1.807) is 36.8 Å². The van der Waals surface area contributed by atoms with Gasteiger partial charge in [0.1, 0.15) is 0 Å². The maximum atomic E-state index is 13.7. The molecule has 10 heteroatoms. The van der Waals surface area contributed by atoms with Gasteiger partial charge < -0.3 is 10.6 Å². The number of benzene rings is 1. The number of nitrogens with one attached hydrogen (secondary N) is 3. The first-order valence-electron chi connectivity index (χ1n) is 13.6. The molecule has 6 rings (SSSR count). The molecule has 2 aliphatic carbocycles. The average Bonchev–Trinajstić information content (AvgIpc) is 3.76. The third-order valence-corrected chi connectivity index (χ3v) is 8.94. The zero-order chi connectivity index (χ0) is 27.9. The number of sulfonamides is 1. The number of fused-ring (bicyclic) bond motifs is 3. The lowest BCUT2D eigenvalue weighted by Gasteiger charge is -2.19. The van der Waals surface area contributed by atoms with E-state index in [1.165, 1.54) is 6.20 Å². The molecule has 1 saturated carbocycles. The lowest BCUT2D eigenvalue weighted by Crippen LogP contribution is -2.29. The number of amides is 1. The summed E-state index contributed by atoms with van der Waals surface area (Å²) in [6.45, 7) is 4.27. The largest absolute Gasteiger partial charge is 0.377 e. The molecule has 0 bridgehead atoms. The standard InChI is InChI=1S/C30H32N6O3S/c1-18(2)14-34-40(38,39)28-12-23-26(36-30(37)20-5-3-9-31-15-20)13-27(35-21-6-4-10-32-16-21)29(23)24-17-33-25(11-22(24)28)19-7-8-19/h3-6,9-12,15-19,26-27,34-35H,7-8,13-14H2,1-2H3,(H,36,37). The maximum absolute atomic E-state index is 13.7. The second-order valence-corrected chi connectivity index (χ2v) is 12.7. The summed E-state index contributed by atoms with van der Waals surface area (Å²) < 4.78 is 30.2. The Bertz CT molecular complexity index is 1660. The van der Waals surface area contributed by atoms with Gasteiger partial charge in [0.05, 0.1) is 28.2 Å². The minimum Gasteiger partial charge on any atom is -0.377 e. The maximum Gasteiger partial charge on any atom is 0.253 e. The van der Waals surface area contributed by atoms with Crippen LogP contribution in [0.3, 0.4) is 0 Å². The second-order valence-electron chi connectivity index (χ2n) is 11.0. The highest BCUT2D eigenvalue weighted by atomic mass is 32.2. The fourth-order valence-corrected chi connectivity index (χ4v) is 6.78. The molecule has 1 amide bonds. The van der Waals surface area contributed by atoms with E-state index >= 15 is 0 Å². The number of rotatable bonds is 9. The van der Waals surface area contributed by atoms with Gasteiger partial charge in [-0.2, -0.15) is 0 Å². The van der Waals surface area contributed by atoms with E-state index in [9.17, 15) is 13.2 Å². The topological polar surface area (TPSA) is 126 Å². The number of carbonyl (C=O) groups excluding carboxylic acids is 1. The predicted molar refractivity (Wildman–Crippen MR) is 153 cm³/mol. The summed E-state index contributed by atoms with van der Waals surface area (Å²) >= 11 is 0. The average molecular weight is 557 g/mol. The van der Waals surface area contributed by atoms with Crippen molar-refractivity contribution in [3.8, 4) is 0 Å². The molecule has 3 heterocycles. The van der Waals surface area contributed by atoms with Crippen LogP contribution in [-0.2, 0) is 10.0 Å². The van der Waals surface area contributed by atoms with Crippen LogP contribution in [0, 0.1) is 5.92 Å². The van der Waals surface area contributed by atoms with Crippen LogP contribution >= 0.6 is 0 Å². The number of anilines is 1. The van der Waals surface area contributed by atoms with Crippen LogP contribution in [0.2, 0.25) is 0 Å². The second kappa shape index (κ2) is 10.6. The highest BCUT2D eigenvalue weighted by molar-refractivity contribution is 7.89. The van der Waals surface area contributed by atoms with Gasteiger partial charge in [0.2, 0.25) is 10.0 Å². The first-order valence-corrected chi connectivity index (χ1v) is 15.1. The molecule has 0 spiro atoms. The molecule has 3 aromatic heterocycles. The fraction of sp³-hybridized carbons (Fsp3) is 0.333. The fourth-order valence-electron chi connectivity index (χ4n) is 5.33. The van der Waals surface area contributed by atoms with Crippen molar-refractivity contribution in [3.05, 3.63) is 89.8 Å². The molecule has 0 radical (unpaired) electrons. The molecule has 2 aliphatic rings. The van der Waals surface area contributed by atoms with E-state index in [4.69, 9.17) is 4.98 Å². The number of hydrogen-bond donors (Lipinski definition) is 3. The first-order chi connectivity index (χ1) is 19.3. The van der Waals surface area contributed by atoms with E-state index in [2.05, 4.69) is 25.3 Å². The predicted octanol–water partition coefficient (Wildman–Crippen LogP) is 4.86. The Hall–Kier alpha value is -3.89. The third-order valence-electron chi connectivity index (χ3n) is 7.47. The molecule has 1 aromatic carbocycles. The molecular weight excluding hydrogens is 524 g/mol. The summed E-state index contributed by atoms with van der Waals surface area (Å²) in [6.07, 6.45) is 11.1. The summed E-state index contributed by atoms with van der Waals surface area (Å²) in [5.74, 6) is 0.252. The van der Waals surface area contributed by atoms with E-state index in [1.807, 2.05) is 38.2 Å².